The van der Waals surface area contributed by atoms with Gasteiger partial charge < -0.3 is 4.74 Å². The lowest BCUT2D eigenvalue weighted by Gasteiger charge is -2.33. The lowest BCUT2D eigenvalue weighted by atomic mass is 9.81. The van der Waals surface area contributed by atoms with Crippen LogP contribution in [-0.4, -0.2) is 42.1 Å². The molecule has 1 saturated carbocycles. The van der Waals surface area contributed by atoms with Crippen molar-refractivity contribution < 1.29 is 36.3 Å². The molecule has 1 aromatic heterocycles. The summed E-state index contributed by atoms with van der Waals surface area (Å²) in [5.41, 5.74) is 0.0767. The smallest absolute Gasteiger partial charge is 0.391 e. The number of benzene rings is 1. The van der Waals surface area contributed by atoms with Crippen LogP contribution in [0.15, 0.2) is 28.6 Å². The maximum absolute atomic E-state index is 13.9. The number of nitrogens with zero attached hydrogens (tertiary/aromatic N) is 2. The third-order valence-electron chi connectivity index (χ3n) is 5.55. The summed E-state index contributed by atoms with van der Waals surface area (Å²) in [7, 11) is 0. The molecule has 1 aliphatic rings. The number of hydrogen-bond donors (Lipinski definition) is 1. The van der Waals surface area contributed by atoms with Crippen molar-refractivity contribution in [2.45, 2.75) is 43.0 Å². The molecule has 1 heterocycles. The van der Waals surface area contributed by atoms with E-state index in [2.05, 4.69) is 10.3 Å². The van der Waals surface area contributed by atoms with E-state index in [1.165, 1.54) is 28.9 Å². The van der Waals surface area contributed by atoms with Crippen molar-refractivity contribution in [1.29, 1.82) is 0 Å². The van der Waals surface area contributed by atoms with Crippen molar-refractivity contribution >= 4 is 45.9 Å². The first kappa shape index (κ1) is 27.2. The molecule has 13 heteroatoms. The maximum atomic E-state index is 13.9. The molecule has 1 aromatic carbocycles. The summed E-state index contributed by atoms with van der Waals surface area (Å²) >= 11 is 2.30. The second-order valence-electron chi connectivity index (χ2n) is 7.98. The molecule has 2 aromatic rings. The Morgan fingerprint density at radius 1 is 1.20 bits per heavy atom. The number of esters is 1. The molecule has 0 spiro atoms. The molecule has 1 fully saturated rings. The Bertz CT molecular complexity index is 1030. The number of rotatable bonds is 8. The Kier molecular flexibility index (Phi) is 9.34. The van der Waals surface area contributed by atoms with Crippen LogP contribution in [0.1, 0.15) is 32.6 Å². The molecule has 0 bridgehead atoms. The van der Waals surface area contributed by atoms with Gasteiger partial charge in [-0.2, -0.15) is 13.2 Å². The molecule has 1 aliphatic carbocycles. The van der Waals surface area contributed by atoms with Crippen molar-refractivity contribution in [2.75, 3.05) is 29.1 Å². The predicted molar refractivity (Wildman–Crippen MR) is 124 cm³/mol. The Morgan fingerprint density at radius 2 is 1.91 bits per heavy atom. The van der Waals surface area contributed by atoms with E-state index in [9.17, 15) is 31.5 Å². The summed E-state index contributed by atoms with van der Waals surface area (Å²) in [6.45, 7) is 2.00. The van der Waals surface area contributed by atoms with Crippen LogP contribution in [0.2, 0.25) is 0 Å². The number of thiazole rings is 1. The third-order valence-corrected chi connectivity index (χ3v) is 7.63. The second-order valence-corrected chi connectivity index (χ2v) is 10.3. The first-order chi connectivity index (χ1) is 16.6. The molecule has 0 radical (unpaired) electrons. The van der Waals surface area contributed by atoms with Gasteiger partial charge in [0.1, 0.15) is 0 Å². The van der Waals surface area contributed by atoms with E-state index < -0.39 is 29.8 Å². The summed E-state index contributed by atoms with van der Waals surface area (Å²) in [4.78, 5) is 29.9. The van der Waals surface area contributed by atoms with E-state index in [1.807, 2.05) is 0 Å². The SMILES string of the molecule is CCOC(=O)CSc1cnc(NC(=O)N(CC2CCC(C(F)(F)F)CC2)c2ccc(F)c(F)c2)s1. The van der Waals surface area contributed by atoms with E-state index in [0.717, 1.165) is 23.5 Å². The van der Waals surface area contributed by atoms with Gasteiger partial charge in [0.05, 0.1) is 28.7 Å². The van der Waals surface area contributed by atoms with E-state index in [0.29, 0.717) is 4.21 Å². The quantitative estimate of drug-likeness (QED) is 0.237. The number of nitrogens with one attached hydrogen (secondary N) is 1. The molecule has 0 saturated heterocycles. The number of carbonyl (C=O) groups excluding carboxylic acids is 2. The van der Waals surface area contributed by atoms with Gasteiger partial charge in [-0.15, -0.1) is 11.8 Å². The number of amides is 2. The van der Waals surface area contributed by atoms with Crippen LogP contribution in [0.5, 0.6) is 0 Å². The van der Waals surface area contributed by atoms with Crippen LogP contribution in [0, 0.1) is 23.5 Å². The van der Waals surface area contributed by atoms with Crippen LogP contribution in [-0.2, 0) is 9.53 Å². The molecular weight excluding hydrogens is 513 g/mol. The molecule has 192 valence electrons. The number of ether oxygens (including phenoxy) is 1. The zero-order valence-electron chi connectivity index (χ0n) is 18.7. The van der Waals surface area contributed by atoms with Gasteiger partial charge in [0.25, 0.3) is 0 Å². The molecule has 1 N–H and O–H groups in total. The fourth-order valence-electron chi connectivity index (χ4n) is 3.76. The largest absolute Gasteiger partial charge is 0.465 e. The van der Waals surface area contributed by atoms with Gasteiger partial charge in [-0.3, -0.25) is 15.0 Å². The summed E-state index contributed by atoms with van der Waals surface area (Å²) in [6, 6.07) is 2.32. The Morgan fingerprint density at radius 3 is 2.54 bits per heavy atom. The topological polar surface area (TPSA) is 71.5 Å². The highest BCUT2D eigenvalue weighted by Gasteiger charge is 2.41. The average Bonchev–Trinajstić information content (AvgIpc) is 3.25. The van der Waals surface area contributed by atoms with E-state index in [4.69, 9.17) is 4.74 Å². The summed E-state index contributed by atoms with van der Waals surface area (Å²) in [5.74, 6) is -4.15. The van der Waals surface area contributed by atoms with E-state index in [-0.39, 0.29) is 67.3 Å². The molecule has 0 atom stereocenters. The average molecular weight is 538 g/mol. The van der Waals surface area contributed by atoms with Crippen LogP contribution in [0.3, 0.4) is 0 Å². The zero-order chi connectivity index (χ0) is 25.6. The number of thioether (sulfide) groups is 1. The minimum atomic E-state index is -4.25. The first-order valence-electron chi connectivity index (χ1n) is 10.9. The van der Waals surface area contributed by atoms with Gasteiger partial charge >= 0.3 is 18.2 Å². The number of anilines is 2. The van der Waals surface area contributed by atoms with Crippen molar-refractivity contribution in [1.82, 2.24) is 4.98 Å². The Balaban J connectivity index is 1.69. The van der Waals surface area contributed by atoms with Crippen molar-refractivity contribution in [3.05, 3.63) is 36.0 Å². The van der Waals surface area contributed by atoms with Crippen molar-refractivity contribution in [2.24, 2.45) is 11.8 Å². The highest BCUT2D eigenvalue weighted by molar-refractivity contribution is 8.01. The van der Waals surface area contributed by atoms with Crippen LogP contribution in [0.25, 0.3) is 0 Å². The van der Waals surface area contributed by atoms with Gasteiger partial charge in [0, 0.05) is 18.3 Å². The molecule has 2 amide bonds. The van der Waals surface area contributed by atoms with Crippen molar-refractivity contribution in [3.63, 3.8) is 0 Å². The number of urea groups is 1. The fourth-order valence-corrected chi connectivity index (χ4v) is 5.42. The Hall–Kier alpha value is -2.41. The minimum Gasteiger partial charge on any atom is -0.465 e. The molecule has 0 unspecified atom stereocenters. The van der Waals surface area contributed by atoms with Gasteiger partial charge in [-0.1, -0.05) is 11.3 Å². The van der Waals surface area contributed by atoms with Crippen molar-refractivity contribution in [3.8, 4) is 0 Å². The lowest BCUT2D eigenvalue weighted by Crippen LogP contribution is -2.40. The van der Waals surface area contributed by atoms with Crippen LogP contribution in [0.4, 0.5) is 37.6 Å². The minimum absolute atomic E-state index is 0.0390. The molecule has 0 aliphatic heterocycles. The highest BCUT2D eigenvalue weighted by atomic mass is 32.2. The van der Waals surface area contributed by atoms with Gasteiger partial charge in [0.15, 0.2) is 16.8 Å². The monoisotopic (exact) mass is 537 g/mol. The Labute approximate surface area is 207 Å². The van der Waals surface area contributed by atoms with E-state index >= 15 is 0 Å². The van der Waals surface area contributed by atoms with Crippen LogP contribution < -0.4 is 10.2 Å². The van der Waals surface area contributed by atoms with Gasteiger partial charge in [-0.25, -0.2) is 18.6 Å². The van der Waals surface area contributed by atoms with Gasteiger partial charge in [-0.05, 0) is 50.7 Å². The molecule has 6 nitrogen and oxygen atoms in total. The molecular formula is C22H24F5N3O3S2. The predicted octanol–water partition coefficient (Wildman–Crippen LogP) is 6.48. The number of aromatic nitrogens is 1. The number of alkyl halides is 3. The first-order valence-corrected chi connectivity index (χ1v) is 12.7. The summed E-state index contributed by atoms with van der Waals surface area (Å²) in [5, 5.41) is 2.82. The number of halogens is 5. The zero-order valence-corrected chi connectivity index (χ0v) is 20.4. The lowest BCUT2D eigenvalue weighted by molar-refractivity contribution is -0.183. The maximum Gasteiger partial charge on any atom is 0.391 e. The number of hydrogen-bond acceptors (Lipinski definition) is 6. The third kappa shape index (κ3) is 7.79. The normalized spacial score (nSPS) is 18.2. The standard InChI is InChI=1S/C22H24F5N3O3S2/c1-2-33-18(31)12-34-19-10-28-20(35-19)29-21(32)30(15-7-8-16(23)17(24)9-15)11-13-3-5-14(6-4-13)22(25,26)27/h7-10,13-14H,2-6,11-12H2,1H3,(H,28,29,32). The van der Waals surface area contributed by atoms with E-state index in [1.54, 1.807) is 6.92 Å². The highest BCUT2D eigenvalue weighted by Crippen LogP contribution is 2.40. The van der Waals surface area contributed by atoms with Crippen LogP contribution >= 0.6 is 23.1 Å². The summed E-state index contributed by atoms with van der Waals surface area (Å²) < 4.78 is 71.9. The van der Waals surface area contributed by atoms with Gasteiger partial charge in [0.2, 0.25) is 0 Å². The number of carbonyl (C=O) groups is 2. The molecule has 35 heavy (non-hydrogen) atoms. The molecule has 3 rings (SSSR count). The summed E-state index contributed by atoms with van der Waals surface area (Å²) in [6.07, 6.45) is -2.36. The fraction of sp³-hybridized carbons (Fsp3) is 0.500. The second kappa shape index (κ2) is 12.0.